The summed E-state index contributed by atoms with van der Waals surface area (Å²) in [6.45, 7) is 3.41. The molecule has 2 N–H and O–H groups in total. The number of carboxylic acid groups (broad SMARTS) is 1. The Hall–Kier alpha value is -0.990. The van der Waals surface area contributed by atoms with E-state index in [0.717, 1.165) is 0 Å². The van der Waals surface area contributed by atoms with Crippen LogP contribution in [0.3, 0.4) is 0 Å². The molecule has 9 heavy (non-hydrogen) atoms. The Bertz CT molecular complexity index is 120. The minimum Gasteiger partial charge on any atom is -0.480 e. The van der Waals surface area contributed by atoms with Crippen LogP contribution in [0.15, 0.2) is 12.3 Å². The van der Waals surface area contributed by atoms with Crippen LogP contribution < -0.4 is 5.32 Å². The van der Waals surface area contributed by atoms with Crippen LogP contribution >= 0.6 is 0 Å². The zero-order chi connectivity index (χ0) is 7.28. The number of carboxylic acids is 1. The largest absolute Gasteiger partial charge is 0.480 e. The van der Waals surface area contributed by atoms with Gasteiger partial charge in [0, 0.05) is 0 Å². The van der Waals surface area contributed by atoms with Gasteiger partial charge in [-0.2, -0.15) is 0 Å². The summed E-state index contributed by atoms with van der Waals surface area (Å²) in [6, 6.07) is -0.499. The smallest absolute Gasteiger partial charge is 0.325 e. The lowest BCUT2D eigenvalue weighted by atomic mass is 10.3. The van der Waals surface area contributed by atoms with Gasteiger partial charge in [-0.3, -0.25) is 4.79 Å². The summed E-state index contributed by atoms with van der Waals surface area (Å²) in [5.74, 6) is -0.840. The highest BCUT2D eigenvalue weighted by Crippen LogP contribution is 1.79. The van der Waals surface area contributed by atoms with E-state index in [2.05, 4.69) is 5.32 Å². The predicted molar refractivity (Wildman–Crippen MR) is 35.0 cm³/mol. The van der Waals surface area contributed by atoms with Gasteiger partial charge < -0.3 is 10.4 Å². The van der Waals surface area contributed by atoms with Crippen molar-refractivity contribution in [3.63, 3.8) is 0 Å². The average molecular weight is 129 g/mol. The molecule has 0 aliphatic rings. The van der Waals surface area contributed by atoms with Crippen molar-refractivity contribution in [2.24, 2.45) is 0 Å². The van der Waals surface area contributed by atoms with Crippen molar-refractivity contribution in [1.29, 1.82) is 0 Å². The van der Waals surface area contributed by atoms with E-state index in [9.17, 15) is 4.79 Å². The molecule has 3 heteroatoms. The average Bonchev–Trinajstić information content (AvgIpc) is 1.82. The maximum absolute atomic E-state index is 10.1. The second-order valence-electron chi connectivity index (χ2n) is 1.73. The highest BCUT2D eigenvalue weighted by Gasteiger charge is 2.05. The van der Waals surface area contributed by atoms with E-state index in [0.29, 0.717) is 0 Å². The van der Waals surface area contributed by atoms with E-state index < -0.39 is 12.0 Å². The molecule has 0 aliphatic heterocycles. The Morgan fingerprint density at radius 1 is 1.78 bits per heavy atom. The summed E-state index contributed by atoms with van der Waals surface area (Å²) in [6.07, 6.45) is 3.36. The van der Waals surface area contributed by atoms with Crippen LogP contribution in [0.1, 0.15) is 13.8 Å². The van der Waals surface area contributed by atoms with Crippen molar-refractivity contribution in [1.82, 2.24) is 5.32 Å². The highest BCUT2D eigenvalue weighted by molar-refractivity contribution is 5.72. The lowest BCUT2D eigenvalue weighted by molar-refractivity contribution is -0.138. The molecule has 0 bridgehead atoms. The van der Waals surface area contributed by atoms with Crippen molar-refractivity contribution >= 4 is 5.97 Å². The Labute approximate surface area is 54.4 Å². The molecular formula is C6H11NO2. The third kappa shape index (κ3) is 3.58. The standard InChI is InChI=1S/C6H11NO2/c1-3-4-7-5(2)6(8)9/h3-5,7H,1-2H3,(H,8,9)/t5-/m0/s1. The minimum atomic E-state index is -0.840. The highest BCUT2D eigenvalue weighted by atomic mass is 16.4. The molecule has 0 radical (unpaired) electrons. The maximum Gasteiger partial charge on any atom is 0.325 e. The number of nitrogens with one attached hydrogen (secondary N) is 1. The van der Waals surface area contributed by atoms with Crippen LogP contribution in [0.25, 0.3) is 0 Å². The van der Waals surface area contributed by atoms with Gasteiger partial charge in [-0.1, -0.05) is 6.08 Å². The number of hydrogen-bond donors (Lipinski definition) is 2. The predicted octanol–water partition coefficient (Wildman–Crippen LogP) is 0.583. The van der Waals surface area contributed by atoms with Crippen LogP contribution in [0.2, 0.25) is 0 Å². The van der Waals surface area contributed by atoms with Crippen LogP contribution in [-0.2, 0) is 4.79 Å². The number of rotatable bonds is 3. The van der Waals surface area contributed by atoms with E-state index in [4.69, 9.17) is 5.11 Å². The summed E-state index contributed by atoms with van der Waals surface area (Å²) in [4.78, 5) is 10.1. The zero-order valence-electron chi connectivity index (χ0n) is 5.59. The van der Waals surface area contributed by atoms with Crippen LogP contribution in [0.4, 0.5) is 0 Å². The van der Waals surface area contributed by atoms with Crippen LogP contribution in [-0.4, -0.2) is 17.1 Å². The molecule has 0 amide bonds. The monoisotopic (exact) mass is 129 g/mol. The van der Waals surface area contributed by atoms with E-state index in [1.165, 1.54) is 0 Å². The lowest BCUT2D eigenvalue weighted by Gasteiger charge is -2.03. The lowest BCUT2D eigenvalue weighted by Crippen LogP contribution is -2.29. The van der Waals surface area contributed by atoms with Gasteiger partial charge in [0.05, 0.1) is 0 Å². The maximum atomic E-state index is 10.1. The van der Waals surface area contributed by atoms with Crippen molar-refractivity contribution < 1.29 is 9.90 Å². The minimum absolute atomic E-state index is 0.499. The molecule has 0 aliphatic carbocycles. The van der Waals surface area contributed by atoms with E-state index in [-0.39, 0.29) is 0 Å². The van der Waals surface area contributed by atoms with Gasteiger partial charge in [0.1, 0.15) is 6.04 Å². The molecule has 1 atom stereocenters. The molecule has 0 fully saturated rings. The first-order valence-corrected chi connectivity index (χ1v) is 2.78. The first-order valence-electron chi connectivity index (χ1n) is 2.78. The Kier molecular flexibility index (Phi) is 3.51. The second kappa shape index (κ2) is 3.95. The Morgan fingerprint density at radius 2 is 2.33 bits per heavy atom. The number of carbonyl (C=O) groups is 1. The molecule has 0 aromatic rings. The van der Waals surface area contributed by atoms with Gasteiger partial charge in [0.15, 0.2) is 0 Å². The molecule has 0 spiro atoms. The molecule has 0 aromatic carbocycles. The quantitative estimate of drug-likeness (QED) is 0.586. The normalized spacial score (nSPS) is 13.6. The topological polar surface area (TPSA) is 49.3 Å². The fourth-order valence-electron chi connectivity index (χ4n) is 0.312. The number of aliphatic carboxylic acids is 1. The molecule has 0 unspecified atom stereocenters. The van der Waals surface area contributed by atoms with Crippen LogP contribution in [0, 0.1) is 0 Å². The molecule has 3 nitrogen and oxygen atoms in total. The first kappa shape index (κ1) is 8.01. The van der Waals surface area contributed by atoms with Crippen molar-refractivity contribution in [2.45, 2.75) is 19.9 Å². The molecule has 0 saturated heterocycles. The molecule has 0 heterocycles. The van der Waals surface area contributed by atoms with Gasteiger partial charge in [-0.15, -0.1) is 0 Å². The molecule has 0 aromatic heterocycles. The van der Waals surface area contributed by atoms with Gasteiger partial charge in [0.2, 0.25) is 0 Å². The van der Waals surface area contributed by atoms with Crippen molar-refractivity contribution in [3.05, 3.63) is 12.3 Å². The third-order valence-corrected chi connectivity index (χ3v) is 0.883. The van der Waals surface area contributed by atoms with Gasteiger partial charge in [-0.05, 0) is 20.0 Å². The van der Waals surface area contributed by atoms with Gasteiger partial charge in [-0.25, -0.2) is 0 Å². The summed E-state index contributed by atoms with van der Waals surface area (Å²) in [5.41, 5.74) is 0. The summed E-state index contributed by atoms with van der Waals surface area (Å²) >= 11 is 0. The first-order chi connectivity index (χ1) is 4.18. The second-order valence-corrected chi connectivity index (χ2v) is 1.73. The number of allylic oxidation sites excluding steroid dienone is 1. The zero-order valence-corrected chi connectivity index (χ0v) is 5.59. The van der Waals surface area contributed by atoms with E-state index >= 15 is 0 Å². The van der Waals surface area contributed by atoms with Gasteiger partial charge in [0.25, 0.3) is 0 Å². The summed E-state index contributed by atoms with van der Waals surface area (Å²) < 4.78 is 0. The molecule has 0 saturated carbocycles. The molecule has 0 rings (SSSR count). The fraction of sp³-hybridized carbons (Fsp3) is 0.500. The SMILES string of the molecule is CC=CN[C@@H](C)C(=O)O. The van der Waals surface area contributed by atoms with Crippen LogP contribution in [0.5, 0.6) is 0 Å². The Morgan fingerprint density at radius 3 is 2.67 bits per heavy atom. The number of hydrogen-bond acceptors (Lipinski definition) is 2. The van der Waals surface area contributed by atoms with E-state index in [1.807, 2.05) is 6.92 Å². The van der Waals surface area contributed by atoms with Crippen molar-refractivity contribution in [2.75, 3.05) is 0 Å². The molecule has 52 valence electrons. The van der Waals surface area contributed by atoms with Crippen molar-refractivity contribution in [3.8, 4) is 0 Å². The fourth-order valence-corrected chi connectivity index (χ4v) is 0.312. The Balaban J connectivity index is 3.50. The van der Waals surface area contributed by atoms with E-state index in [1.54, 1.807) is 19.2 Å². The summed E-state index contributed by atoms with van der Waals surface area (Å²) in [5, 5.41) is 11.0. The molecular weight excluding hydrogens is 118 g/mol. The van der Waals surface area contributed by atoms with Gasteiger partial charge >= 0.3 is 5.97 Å². The third-order valence-electron chi connectivity index (χ3n) is 0.883. The summed E-state index contributed by atoms with van der Waals surface area (Å²) in [7, 11) is 0.